The topological polar surface area (TPSA) is 38.9 Å². The summed E-state index contributed by atoms with van der Waals surface area (Å²) in [5.74, 6) is 0. The Hall–Kier alpha value is -0.710. The van der Waals surface area contributed by atoms with E-state index in [0.29, 0.717) is 6.54 Å². The van der Waals surface area contributed by atoms with Gasteiger partial charge in [0.15, 0.2) is 0 Å². The highest BCUT2D eigenvalue weighted by molar-refractivity contribution is 9.11. The average molecular weight is 325 g/mol. The summed E-state index contributed by atoms with van der Waals surface area (Å²) < 4.78 is 1.03. The van der Waals surface area contributed by atoms with Crippen molar-refractivity contribution in [1.82, 2.24) is 4.98 Å². The fraction of sp³-hybridized carbons (Fsp3) is 0.357. The maximum absolute atomic E-state index is 5.64. The minimum absolute atomic E-state index is 0.185. The maximum Gasteiger partial charge on any atom is 0.124 e. The van der Waals surface area contributed by atoms with Gasteiger partial charge in [-0.15, -0.1) is 11.3 Å². The summed E-state index contributed by atoms with van der Waals surface area (Å²) in [6, 6.07) is 8.61. The first-order valence-corrected chi connectivity index (χ1v) is 7.49. The predicted molar refractivity (Wildman–Crippen MR) is 81.8 cm³/mol. The van der Waals surface area contributed by atoms with Gasteiger partial charge < -0.3 is 5.73 Å². The monoisotopic (exact) mass is 324 g/mol. The first kappa shape index (κ1) is 13.7. The molecule has 0 aliphatic carbocycles. The normalized spacial score (nSPS) is 11.8. The van der Waals surface area contributed by atoms with Crippen molar-refractivity contribution >= 4 is 27.3 Å². The van der Waals surface area contributed by atoms with Crippen LogP contribution in [0.5, 0.6) is 0 Å². The largest absolute Gasteiger partial charge is 0.325 e. The lowest BCUT2D eigenvalue weighted by Gasteiger charge is -2.18. The number of hydrogen-bond donors (Lipinski definition) is 1. The van der Waals surface area contributed by atoms with Gasteiger partial charge in [-0.2, -0.15) is 0 Å². The van der Waals surface area contributed by atoms with Gasteiger partial charge in [0, 0.05) is 12.1 Å². The van der Waals surface area contributed by atoms with Gasteiger partial charge in [0.1, 0.15) is 5.01 Å². The van der Waals surface area contributed by atoms with Gasteiger partial charge in [0.2, 0.25) is 0 Å². The molecular formula is C14H17BrN2S. The zero-order chi connectivity index (χ0) is 13.3. The summed E-state index contributed by atoms with van der Waals surface area (Å²) in [5.41, 5.74) is 9.23. The number of hydrogen-bond acceptors (Lipinski definition) is 3. The Labute approximate surface area is 120 Å². The molecule has 96 valence electrons. The van der Waals surface area contributed by atoms with Crippen molar-refractivity contribution in [3.8, 4) is 10.6 Å². The lowest BCUT2D eigenvalue weighted by molar-refractivity contribution is 0.590. The number of nitrogens with two attached hydrogens (primary N) is 1. The quantitative estimate of drug-likeness (QED) is 0.892. The van der Waals surface area contributed by atoms with Gasteiger partial charge in [-0.05, 0) is 26.9 Å². The SMILES string of the molecule is CC(C)(C)c1ccc(-c2nc(CN)c(Br)s2)cc1. The third-order valence-corrected chi connectivity index (χ3v) is 4.72. The summed E-state index contributed by atoms with van der Waals surface area (Å²) >= 11 is 5.13. The van der Waals surface area contributed by atoms with Gasteiger partial charge in [-0.25, -0.2) is 4.98 Å². The van der Waals surface area contributed by atoms with Crippen molar-refractivity contribution in [3.05, 3.63) is 39.3 Å². The highest BCUT2D eigenvalue weighted by Gasteiger charge is 2.14. The molecule has 2 rings (SSSR count). The standard InChI is InChI=1S/C14H17BrN2S/c1-14(2,3)10-6-4-9(5-7-10)13-17-11(8-16)12(15)18-13/h4-7H,8,16H2,1-3H3. The highest BCUT2D eigenvalue weighted by Crippen LogP contribution is 2.33. The minimum Gasteiger partial charge on any atom is -0.325 e. The van der Waals surface area contributed by atoms with Crippen LogP contribution in [0, 0.1) is 0 Å². The van der Waals surface area contributed by atoms with Crippen LogP contribution in [0.1, 0.15) is 32.0 Å². The van der Waals surface area contributed by atoms with Crippen LogP contribution in [-0.4, -0.2) is 4.98 Å². The molecule has 18 heavy (non-hydrogen) atoms. The summed E-state index contributed by atoms with van der Waals surface area (Å²) in [6.45, 7) is 7.12. The van der Waals surface area contributed by atoms with Gasteiger partial charge in [-0.3, -0.25) is 0 Å². The lowest BCUT2D eigenvalue weighted by Crippen LogP contribution is -2.10. The highest BCUT2D eigenvalue weighted by atomic mass is 79.9. The molecular weight excluding hydrogens is 308 g/mol. The van der Waals surface area contributed by atoms with E-state index in [1.165, 1.54) is 5.56 Å². The second kappa shape index (κ2) is 5.11. The molecule has 2 aromatic rings. The van der Waals surface area contributed by atoms with Crippen LogP contribution in [-0.2, 0) is 12.0 Å². The zero-order valence-electron chi connectivity index (χ0n) is 10.8. The van der Waals surface area contributed by atoms with E-state index in [9.17, 15) is 0 Å². The van der Waals surface area contributed by atoms with Gasteiger partial charge >= 0.3 is 0 Å². The van der Waals surface area contributed by atoms with E-state index in [0.717, 1.165) is 20.1 Å². The molecule has 2 N–H and O–H groups in total. The molecule has 4 heteroatoms. The van der Waals surface area contributed by atoms with E-state index in [-0.39, 0.29) is 5.41 Å². The first-order chi connectivity index (χ1) is 8.41. The van der Waals surface area contributed by atoms with Crippen LogP contribution in [0.2, 0.25) is 0 Å². The van der Waals surface area contributed by atoms with Gasteiger partial charge in [0.05, 0.1) is 9.48 Å². The van der Waals surface area contributed by atoms with Crippen molar-refractivity contribution in [2.45, 2.75) is 32.7 Å². The molecule has 0 saturated heterocycles. The predicted octanol–water partition coefficient (Wildman–Crippen LogP) is 4.33. The van der Waals surface area contributed by atoms with Crippen LogP contribution in [0.25, 0.3) is 10.6 Å². The molecule has 1 aromatic carbocycles. The molecule has 0 fully saturated rings. The second-order valence-electron chi connectivity index (χ2n) is 5.27. The van der Waals surface area contributed by atoms with Gasteiger partial charge in [0.25, 0.3) is 0 Å². The molecule has 2 nitrogen and oxygen atoms in total. The minimum atomic E-state index is 0.185. The molecule has 0 unspecified atom stereocenters. The third-order valence-electron chi connectivity index (χ3n) is 2.84. The Morgan fingerprint density at radius 1 is 1.22 bits per heavy atom. The molecule has 0 atom stereocenters. The molecule has 0 bridgehead atoms. The van der Waals surface area contributed by atoms with E-state index in [1.807, 2.05) is 0 Å². The zero-order valence-corrected chi connectivity index (χ0v) is 13.2. The smallest absolute Gasteiger partial charge is 0.124 e. The van der Waals surface area contributed by atoms with Crippen molar-refractivity contribution < 1.29 is 0 Å². The molecule has 0 amide bonds. The van der Waals surface area contributed by atoms with Crippen molar-refractivity contribution in [2.75, 3.05) is 0 Å². The van der Waals surface area contributed by atoms with Crippen molar-refractivity contribution in [1.29, 1.82) is 0 Å². The molecule has 0 aliphatic heterocycles. The average Bonchev–Trinajstić information content (AvgIpc) is 2.69. The first-order valence-electron chi connectivity index (χ1n) is 5.88. The molecule has 0 radical (unpaired) electrons. The van der Waals surface area contributed by atoms with Crippen LogP contribution in [0.4, 0.5) is 0 Å². The maximum atomic E-state index is 5.64. The van der Waals surface area contributed by atoms with Crippen molar-refractivity contribution in [2.24, 2.45) is 5.73 Å². The molecule has 1 aromatic heterocycles. The van der Waals surface area contributed by atoms with Crippen molar-refractivity contribution in [3.63, 3.8) is 0 Å². The number of halogens is 1. The molecule has 1 heterocycles. The number of rotatable bonds is 2. The number of thiazole rings is 1. The fourth-order valence-corrected chi connectivity index (χ4v) is 3.23. The fourth-order valence-electron chi connectivity index (χ4n) is 1.70. The Balaban J connectivity index is 2.34. The van der Waals surface area contributed by atoms with Crippen LogP contribution in [0.15, 0.2) is 28.1 Å². The third kappa shape index (κ3) is 2.82. The van der Waals surface area contributed by atoms with Crippen LogP contribution in [0.3, 0.4) is 0 Å². The Bertz CT molecular complexity index is 538. The van der Waals surface area contributed by atoms with E-state index in [1.54, 1.807) is 11.3 Å². The van der Waals surface area contributed by atoms with Crippen LogP contribution >= 0.6 is 27.3 Å². The number of aromatic nitrogens is 1. The summed E-state index contributed by atoms with van der Waals surface area (Å²) in [4.78, 5) is 4.54. The Morgan fingerprint density at radius 2 is 1.83 bits per heavy atom. The number of benzene rings is 1. The lowest BCUT2D eigenvalue weighted by atomic mass is 9.87. The van der Waals surface area contributed by atoms with E-state index >= 15 is 0 Å². The van der Waals surface area contributed by atoms with E-state index < -0.39 is 0 Å². The summed E-state index contributed by atoms with van der Waals surface area (Å²) in [7, 11) is 0. The molecule has 0 aliphatic rings. The summed E-state index contributed by atoms with van der Waals surface area (Å²) in [5, 5.41) is 1.02. The molecule has 0 spiro atoms. The molecule has 0 saturated carbocycles. The number of nitrogens with zero attached hydrogens (tertiary/aromatic N) is 1. The van der Waals surface area contributed by atoms with E-state index in [4.69, 9.17) is 5.73 Å². The second-order valence-corrected chi connectivity index (χ2v) is 7.59. The Kier molecular flexibility index (Phi) is 3.90. The Morgan fingerprint density at radius 3 is 2.28 bits per heavy atom. The van der Waals surface area contributed by atoms with Crippen LogP contribution < -0.4 is 5.73 Å². The summed E-state index contributed by atoms with van der Waals surface area (Å²) in [6.07, 6.45) is 0. The van der Waals surface area contributed by atoms with Gasteiger partial charge in [-0.1, -0.05) is 45.0 Å². The van der Waals surface area contributed by atoms with E-state index in [2.05, 4.69) is 66.0 Å².